The van der Waals surface area contributed by atoms with E-state index in [9.17, 15) is 18.0 Å². The zero-order chi connectivity index (χ0) is 14.3. The summed E-state index contributed by atoms with van der Waals surface area (Å²) in [5.74, 6) is -0.484. The molecule has 20 heavy (non-hydrogen) atoms. The van der Waals surface area contributed by atoms with Gasteiger partial charge in [-0.1, -0.05) is 18.2 Å². The summed E-state index contributed by atoms with van der Waals surface area (Å²) in [5, 5.41) is 0. The van der Waals surface area contributed by atoms with Crippen LogP contribution in [0.2, 0.25) is 0 Å². The van der Waals surface area contributed by atoms with Gasteiger partial charge in [0.25, 0.3) is 0 Å². The van der Waals surface area contributed by atoms with Crippen molar-refractivity contribution in [3.8, 4) is 0 Å². The zero-order valence-electron chi connectivity index (χ0n) is 11.0. The molecule has 2 nitrogen and oxygen atoms in total. The fourth-order valence-electron chi connectivity index (χ4n) is 3.06. The molecule has 108 valence electrons. The Morgan fingerprint density at radius 2 is 1.80 bits per heavy atom. The third kappa shape index (κ3) is 2.41. The molecule has 1 saturated heterocycles. The van der Waals surface area contributed by atoms with Gasteiger partial charge >= 0.3 is 6.18 Å². The lowest BCUT2D eigenvalue weighted by molar-refractivity contribution is -0.138. The Labute approximate surface area is 115 Å². The van der Waals surface area contributed by atoms with Gasteiger partial charge in [-0.3, -0.25) is 4.79 Å². The zero-order valence-corrected chi connectivity index (χ0v) is 11.0. The monoisotopic (exact) mass is 283 g/mol. The SMILES string of the molecule is O=C(C1CC1c1ccccc1C(F)(F)F)N1CCCC1. The van der Waals surface area contributed by atoms with E-state index < -0.39 is 11.7 Å². The number of hydrogen-bond donors (Lipinski definition) is 0. The van der Waals surface area contributed by atoms with Crippen molar-refractivity contribution < 1.29 is 18.0 Å². The van der Waals surface area contributed by atoms with Crippen molar-refractivity contribution >= 4 is 5.91 Å². The van der Waals surface area contributed by atoms with Crippen LogP contribution in [0.5, 0.6) is 0 Å². The maximum Gasteiger partial charge on any atom is 0.416 e. The first-order valence-corrected chi connectivity index (χ1v) is 6.93. The highest BCUT2D eigenvalue weighted by Crippen LogP contribution is 2.51. The predicted octanol–water partition coefficient (Wildman–Crippen LogP) is 3.43. The average Bonchev–Trinajstić information content (AvgIpc) is 3.02. The molecule has 1 aromatic rings. The third-order valence-corrected chi connectivity index (χ3v) is 4.19. The first kappa shape index (κ1) is 13.5. The van der Waals surface area contributed by atoms with Crippen molar-refractivity contribution in [2.24, 2.45) is 5.92 Å². The van der Waals surface area contributed by atoms with Gasteiger partial charge in [-0.2, -0.15) is 13.2 Å². The van der Waals surface area contributed by atoms with E-state index in [0.29, 0.717) is 6.42 Å². The summed E-state index contributed by atoms with van der Waals surface area (Å²) < 4.78 is 38.9. The second kappa shape index (κ2) is 4.79. The fraction of sp³-hybridized carbons (Fsp3) is 0.533. The molecule has 2 unspecified atom stereocenters. The van der Waals surface area contributed by atoms with Crippen LogP contribution in [0.15, 0.2) is 24.3 Å². The van der Waals surface area contributed by atoms with E-state index in [1.165, 1.54) is 12.1 Å². The number of nitrogens with zero attached hydrogens (tertiary/aromatic N) is 1. The Hall–Kier alpha value is -1.52. The quantitative estimate of drug-likeness (QED) is 0.814. The van der Waals surface area contributed by atoms with Gasteiger partial charge < -0.3 is 4.90 Å². The number of carbonyl (C=O) groups excluding carboxylic acids is 1. The summed E-state index contributed by atoms with van der Waals surface area (Å²) >= 11 is 0. The summed E-state index contributed by atoms with van der Waals surface area (Å²) in [4.78, 5) is 14.0. The lowest BCUT2D eigenvalue weighted by Gasteiger charge is -2.16. The predicted molar refractivity (Wildman–Crippen MR) is 68.1 cm³/mol. The van der Waals surface area contributed by atoms with Gasteiger partial charge in [0.05, 0.1) is 5.56 Å². The number of likely N-dealkylation sites (tertiary alicyclic amines) is 1. The van der Waals surface area contributed by atoms with Gasteiger partial charge in [-0.25, -0.2) is 0 Å². The van der Waals surface area contributed by atoms with Crippen LogP contribution in [0.1, 0.15) is 36.3 Å². The van der Waals surface area contributed by atoms with E-state index in [2.05, 4.69) is 0 Å². The number of rotatable bonds is 2. The molecular weight excluding hydrogens is 267 g/mol. The van der Waals surface area contributed by atoms with E-state index in [0.717, 1.165) is 32.0 Å². The molecule has 1 heterocycles. The number of alkyl halides is 3. The molecule has 2 atom stereocenters. The smallest absolute Gasteiger partial charge is 0.342 e. The third-order valence-electron chi connectivity index (χ3n) is 4.19. The number of amides is 1. The topological polar surface area (TPSA) is 20.3 Å². The molecule has 5 heteroatoms. The molecule has 0 bridgehead atoms. The molecule has 1 aliphatic carbocycles. The summed E-state index contributed by atoms with van der Waals surface area (Å²) in [6, 6.07) is 5.61. The summed E-state index contributed by atoms with van der Waals surface area (Å²) in [6.07, 6.45) is -1.80. The van der Waals surface area contributed by atoms with Crippen LogP contribution in [-0.4, -0.2) is 23.9 Å². The van der Waals surface area contributed by atoms with Gasteiger partial charge in [0.2, 0.25) is 5.91 Å². The van der Waals surface area contributed by atoms with Crippen molar-refractivity contribution in [1.29, 1.82) is 0 Å². The van der Waals surface area contributed by atoms with Crippen LogP contribution in [0.4, 0.5) is 13.2 Å². The van der Waals surface area contributed by atoms with Gasteiger partial charge in [-0.05, 0) is 36.8 Å². The van der Waals surface area contributed by atoms with Gasteiger partial charge in [0.15, 0.2) is 0 Å². The van der Waals surface area contributed by atoms with Crippen LogP contribution < -0.4 is 0 Å². The molecule has 1 saturated carbocycles. The van der Waals surface area contributed by atoms with E-state index in [1.807, 2.05) is 0 Å². The lowest BCUT2D eigenvalue weighted by atomic mass is 10.0. The minimum absolute atomic E-state index is 0.0319. The minimum Gasteiger partial charge on any atom is -0.342 e. The van der Waals surface area contributed by atoms with Crippen LogP contribution in [0.3, 0.4) is 0 Å². The Morgan fingerprint density at radius 3 is 2.45 bits per heavy atom. The second-order valence-corrected chi connectivity index (χ2v) is 5.57. The molecule has 1 amide bonds. The Bertz CT molecular complexity index is 520. The molecule has 3 rings (SSSR count). The van der Waals surface area contributed by atoms with Gasteiger partial charge in [-0.15, -0.1) is 0 Å². The second-order valence-electron chi connectivity index (χ2n) is 5.57. The van der Waals surface area contributed by atoms with Crippen molar-refractivity contribution in [3.05, 3.63) is 35.4 Å². The Balaban J connectivity index is 1.78. The van der Waals surface area contributed by atoms with E-state index in [4.69, 9.17) is 0 Å². The van der Waals surface area contributed by atoms with E-state index >= 15 is 0 Å². The molecule has 0 radical (unpaired) electrons. The molecule has 2 aliphatic rings. The van der Waals surface area contributed by atoms with Crippen molar-refractivity contribution in [1.82, 2.24) is 4.90 Å². The molecule has 0 aromatic heterocycles. The summed E-state index contributed by atoms with van der Waals surface area (Å²) in [6.45, 7) is 1.51. The first-order valence-electron chi connectivity index (χ1n) is 6.93. The highest BCUT2D eigenvalue weighted by atomic mass is 19.4. The van der Waals surface area contributed by atoms with E-state index in [-0.39, 0.29) is 23.3 Å². The van der Waals surface area contributed by atoms with Crippen molar-refractivity contribution in [3.63, 3.8) is 0 Å². The fourth-order valence-corrected chi connectivity index (χ4v) is 3.06. The molecular formula is C15H16F3NO. The molecule has 0 N–H and O–H groups in total. The largest absolute Gasteiger partial charge is 0.416 e. The normalized spacial score (nSPS) is 25.9. The van der Waals surface area contributed by atoms with Crippen LogP contribution in [0.25, 0.3) is 0 Å². The Kier molecular flexibility index (Phi) is 3.22. The minimum atomic E-state index is -4.35. The number of halogens is 3. The standard InChI is InChI=1S/C15H16F3NO/c16-15(17,18)13-6-2-1-5-10(13)11-9-12(11)14(20)19-7-3-4-8-19/h1-2,5-6,11-12H,3-4,7-9H2. The number of hydrogen-bond acceptors (Lipinski definition) is 1. The van der Waals surface area contributed by atoms with Crippen molar-refractivity contribution in [2.75, 3.05) is 13.1 Å². The highest BCUT2D eigenvalue weighted by Gasteiger charge is 2.49. The van der Waals surface area contributed by atoms with Crippen LogP contribution in [0, 0.1) is 5.92 Å². The lowest BCUT2D eigenvalue weighted by Crippen LogP contribution is -2.29. The Morgan fingerprint density at radius 1 is 1.15 bits per heavy atom. The first-order chi connectivity index (χ1) is 9.48. The number of carbonyl (C=O) groups is 1. The van der Waals surface area contributed by atoms with E-state index in [1.54, 1.807) is 11.0 Å². The average molecular weight is 283 g/mol. The molecule has 2 fully saturated rings. The van der Waals surface area contributed by atoms with Crippen LogP contribution >= 0.6 is 0 Å². The van der Waals surface area contributed by atoms with Crippen molar-refractivity contribution in [2.45, 2.75) is 31.4 Å². The van der Waals surface area contributed by atoms with Gasteiger partial charge in [0, 0.05) is 19.0 Å². The van der Waals surface area contributed by atoms with Crippen LogP contribution in [-0.2, 0) is 11.0 Å². The highest BCUT2D eigenvalue weighted by molar-refractivity contribution is 5.83. The molecule has 0 spiro atoms. The molecule has 1 aromatic carbocycles. The number of benzene rings is 1. The summed E-state index contributed by atoms with van der Waals surface area (Å²) in [5.41, 5.74) is -0.320. The van der Waals surface area contributed by atoms with Gasteiger partial charge in [0.1, 0.15) is 0 Å². The summed E-state index contributed by atoms with van der Waals surface area (Å²) in [7, 11) is 0. The maximum atomic E-state index is 13.0. The maximum absolute atomic E-state index is 13.0. The molecule has 1 aliphatic heterocycles.